The molecule has 0 aromatic carbocycles. The van der Waals surface area contributed by atoms with E-state index in [2.05, 4.69) is 9.97 Å². The van der Waals surface area contributed by atoms with Crippen LogP contribution in [0, 0.1) is 0 Å². The Bertz CT molecular complexity index is 691. The molecule has 2 aromatic rings. The Balaban J connectivity index is 2.13. The van der Waals surface area contributed by atoms with Crippen molar-refractivity contribution in [3.63, 3.8) is 0 Å². The fourth-order valence-electron chi connectivity index (χ4n) is 2.58. The van der Waals surface area contributed by atoms with Gasteiger partial charge < -0.3 is 30.4 Å². The van der Waals surface area contributed by atoms with Gasteiger partial charge >= 0.3 is 0 Å². The molecule has 2 aromatic heterocycles. The molecule has 0 radical (unpaired) electrons. The molecule has 0 aliphatic carbocycles. The first-order valence-electron chi connectivity index (χ1n) is 6.26. The van der Waals surface area contributed by atoms with Crippen LogP contribution in [0.3, 0.4) is 0 Å². The molecule has 1 saturated heterocycles. The largest absolute Gasteiger partial charge is 0.390 e. The zero-order valence-corrected chi connectivity index (χ0v) is 11.1. The standard InChI is InChI=1S/C12H15FN4O4/c1-11(20)9(19)12(13,4-18)21-10(11)17-3-2-6-7(14)15-5-16-8(6)17/h2-3,5,9-10,18-20H,4H2,1H3,(H2,14,15,16)/t9-,10+,11+,12+/m0/s1. The molecule has 1 fully saturated rings. The fraction of sp³-hybridized carbons (Fsp3) is 0.500. The van der Waals surface area contributed by atoms with E-state index in [0.29, 0.717) is 11.0 Å². The molecule has 0 saturated carbocycles. The maximum Gasteiger partial charge on any atom is 0.263 e. The second kappa shape index (κ2) is 4.34. The highest BCUT2D eigenvalue weighted by atomic mass is 19.2. The molecule has 1 aliphatic heterocycles. The minimum atomic E-state index is -2.76. The summed E-state index contributed by atoms with van der Waals surface area (Å²) in [6.45, 7) is 0.132. The highest BCUT2D eigenvalue weighted by Gasteiger charge is 2.62. The molecule has 0 unspecified atom stereocenters. The van der Waals surface area contributed by atoms with Gasteiger partial charge in [-0.25, -0.2) is 14.4 Å². The Kier molecular flexibility index (Phi) is 2.92. The topological polar surface area (TPSA) is 127 Å². The molecule has 5 N–H and O–H groups in total. The molecule has 4 atom stereocenters. The summed E-state index contributed by atoms with van der Waals surface area (Å²) in [5.41, 5.74) is 4.06. The number of ether oxygens (including phenoxy) is 1. The minimum absolute atomic E-state index is 0.227. The number of anilines is 1. The smallest absolute Gasteiger partial charge is 0.263 e. The van der Waals surface area contributed by atoms with Crippen molar-refractivity contribution in [3.05, 3.63) is 18.6 Å². The van der Waals surface area contributed by atoms with E-state index in [1.165, 1.54) is 24.0 Å². The molecular weight excluding hydrogens is 283 g/mol. The van der Waals surface area contributed by atoms with Crippen LogP contribution in [-0.2, 0) is 4.74 Å². The molecule has 0 amide bonds. The predicted molar refractivity (Wildman–Crippen MR) is 69.6 cm³/mol. The van der Waals surface area contributed by atoms with Crippen LogP contribution in [0.2, 0.25) is 0 Å². The maximum absolute atomic E-state index is 14.3. The molecular formula is C12H15FN4O4. The number of nitrogens with zero attached hydrogens (tertiary/aromatic N) is 3. The lowest BCUT2D eigenvalue weighted by Gasteiger charge is -2.27. The van der Waals surface area contributed by atoms with E-state index < -0.39 is 30.4 Å². The number of hydrogen-bond donors (Lipinski definition) is 4. The number of alkyl halides is 1. The molecule has 9 heteroatoms. The third-order valence-electron chi connectivity index (χ3n) is 3.78. The third-order valence-corrected chi connectivity index (χ3v) is 3.78. The van der Waals surface area contributed by atoms with E-state index >= 15 is 0 Å². The van der Waals surface area contributed by atoms with Crippen molar-refractivity contribution in [2.75, 3.05) is 12.3 Å². The molecule has 0 spiro atoms. The van der Waals surface area contributed by atoms with Crippen LogP contribution in [0.1, 0.15) is 13.2 Å². The summed E-state index contributed by atoms with van der Waals surface area (Å²) in [7, 11) is 0. The van der Waals surface area contributed by atoms with Gasteiger partial charge in [-0.1, -0.05) is 0 Å². The Labute approximate surface area is 118 Å². The third kappa shape index (κ3) is 1.82. The van der Waals surface area contributed by atoms with E-state index in [1.807, 2.05) is 0 Å². The van der Waals surface area contributed by atoms with E-state index in [-0.39, 0.29) is 5.82 Å². The lowest BCUT2D eigenvalue weighted by molar-refractivity contribution is -0.206. The van der Waals surface area contributed by atoms with Crippen LogP contribution in [0.5, 0.6) is 0 Å². The van der Waals surface area contributed by atoms with Crippen molar-refractivity contribution in [2.45, 2.75) is 30.7 Å². The number of rotatable bonds is 2. The van der Waals surface area contributed by atoms with Crippen molar-refractivity contribution < 1.29 is 24.4 Å². The normalized spacial score (nSPS) is 36.4. The summed E-state index contributed by atoms with van der Waals surface area (Å²) in [4.78, 5) is 7.85. The van der Waals surface area contributed by atoms with Gasteiger partial charge in [-0.05, 0) is 13.0 Å². The summed E-state index contributed by atoms with van der Waals surface area (Å²) < 4.78 is 20.7. The van der Waals surface area contributed by atoms with Crippen molar-refractivity contribution in [3.8, 4) is 0 Å². The number of nitrogen functional groups attached to an aromatic ring is 1. The van der Waals surface area contributed by atoms with Gasteiger partial charge in [-0.2, -0.15) is 0 Å². The number of fused-ring (bicyclic) bond motifs is 1. The zero-order chi connectivity index (χ0) is 15.4. The molecule has 21 heavy (non-hydrogen) atoms. The van der Waals surface area contributed by atoms with Gasteiger partial charge in [0.2, 0.25) is 0 Å². The Morgan fingerprint density at radius 1 is 1.52 bits per heavy atom. The number of halogens is 1. The van der Waals surface area contributed by atoms with E-state index in [4.69, 9.17) is 15.6 Å². The van der Waals surface area contributed by atoms with Crippen LogP contribution in [0.25, 0.3) is 11.0 Å². The molecule has 1 aliphatic rings. The summed E-state index contributed by atoms with van der Waals surface area (Å²) in [5.74, 6) is -2.53. The summed E-state index contributed by atoms with van der Waals surface area (Å²) in [5, 5.41) is 29.8. The average Bonchev–Trinajstić information content (AvgIpc) is 2.94. The number of nitrogens with two attached hydrogens (primary N) is 1. The fourth-order valence-corrected chi connectivity index (χ4v) is 2.58. The van der Waals surface area contributed by atoms with Gasteiger partial charge in [-0.15, -0.1) is 0 Å². The SMILES string of the molecule is C[C@]1(O)[C@H](n2ccc3c(N)ncnc32)O[C@](F)(CO)[C@H]1O. The molecule has 114 valence electrons. The van der Waals surface area contributed by atoms with Gasteiger partial charge in [-0.3, -0.25) is 0 Å². The average molecular weight is 298 g/mol. The second-order valence-corrected chi connectivity index (χ2v) is 5.26. The first kappa shape index (κ1) is 14.1. The van der Waals surface area contributed by atoms with Crippen molar-refractivity contribution in [2.24, 2.45) is 0 Å². The van der Waals surface area contributed by atoms with Crippen LogP contribution in [-0.4, -0.2) is 54.0 Å². The summed E-state index contributed by atoms with van der Waals surface area (Å²) in [6.07, 6.45) is -0.485. The highest BCUT2D eigenvalue weighted by molar-refractivity contribution is 5.86. The lowest BCUT2D eigenvalue weighted by atomic mass is 9.95. The van der Waals surface area contributed by atoms with Crippen molar-refractivity contribution >= 4 is 16.9 Å². The first-order valence-corrected chi connectivity index (χ1v) is 6.26. The monoisotopic (exact) mass is 298 g/mol. The summed E-state index contributed by atoms with van der Waals surface area (Å²) >= 11 is 0. The Hall–Kier alpha value is -1.81. The zero-order valence-electron chi connectivity index (χ0n) is 11.1. The number of aliphatic hydroxyl groups excluding tert-OH is 2. The molecule has 3 rings (SSSR count). The summed E-state index contributed by atoms with van der Waals surface area (Å²) in [6, 6.07) is 1.59. The molecule has 0 bridgehead atoms. The highest BCUT2D eigenvalue weighted by Crippen LogP contribution is 2.45. The Morgan fingerprint density at radius 2 is 2.24 bits per heavy atom. The van der Waals surface area contributed by atoms with Crippen LogP contribution < -0.4 is 5.73 Å². The van der Waals surface area contributed by atoms with Crippen LogP contribution in [0.4, 0.5) is 10.2 Å². The maximum atomic E-state index is 14.3. The molecule has 8 nitrogen and oxygen atoms in total. The molecule has 3 heterocycles. The van der Waals surface area contributed by atoms with Crippen LogP contribution >= 0.6 is 0 Å². The van der Waals surface area contributed by atoms with Crippen molar-refractivity contribution in [1.82, 2.24) is 14.5 Å². The number of hydrogen-bond acceptors (Lipinski definition) is 7. The van der Waals surface area contributed by atoms with E-state index in [1.54, 1.807) is 6.07 Å². The van der Waals surface area contributed by atoms with Gasteiger partial charge in [0, 0.05) is 6.20 Å². The van der Waals surface area contributed by atoms with Crippen LogP contribution in [0.15, 0.2) is 18.6 Å². The van der Waals surface area contributed by atoms with E-state index in [0.717, 1.165) is 0 Å². The second-order valence-electron chi connectivity index (χ2n) is 5.26. The van der Waals surface area contributed by atoms with Gasteiger partial charge in [0.1, 0.15) is 36.1 Å². The Morgan fingerprint density at radius 3 is 2.86 bits per heavy atom. The predicted octanol–water partition coefficient (Wildman–Crippen LogP) is -0.688. The number of aromatic nitrogens is 3. The van der Waals surface area contributed by atoms with Gasteiger partial charge in [0.15, 0.2) is 6.23 Å². The number of aliphatic hydroxyl groups is 3. The van der Waals surface area contributed by atoms with E-state index in [9.17, 15) is 14.6 Å². The van der Waals surface area contributed by atoms with Crippen molar-refractivity contribution in [1.29, 1.82) is 0 Å². The quantitative estimate of drug-likeness (QED) is 0.578. The first-order chi connectivity index (χ1) is 9.81. The lowest BCUT2D eigenvalue weighted by Crippen LogP contribution is -2.48. The van der Waals surface area contributed by atoms with Gasteiger partial charge in [0.05, 0.1) is 5.39 Å². The minimum Gasteiger partial charge on any atom is -0.390 e. The van der Waals surface area contributed by atoms with Gasteiger partial charge in [0.25, 0.3) is 5.85 Å².